The first-order chi connectivity index (χ1) is 9.06. The minimum Gasteiger partial charge on any atom is -0.381 e. The lowest BCUT2D eigenvalue weighted by molar-refractivity contribution is 1.11. The number of benzene rings is 2. The van der Waals surface area contributed by atoms with Gasteiger partial charge in [-0.1, -0.05) is 28.1 Å². The Balaban J connectivity index is 2.02. The highest BCUT2D eigenvalue weighted by Gasteiger charge is 2.00. The van der Waals surface area contributed by atoms with E-state index in [-0.39, 0.29) is 0 Å². The fourth-order valence-corrected chi connectivity index (χ4v) is 2.41. The van der Waals surface area contributed by atoms with Crippen LogP contribution in [0.3, 0.4) is 0 Å². The van der Waals surface area contributed by atoms with Crippen molar-refractivity contribution in [1.29, 1.82) is 0 Å². The van der Waals surface area contributed by atoms with E-state index in [9.17, 15) is 0 Å². The minimum atomic E-state index is 0.843. The summed E-state index contributed by atoms with van der Waals surface area (Å²) in [5, 5.41) is 3.47. The highest BCUT2D eigenvalue weighted by Crippen LogP contribution is 2.21. The summed E-state index contributed by atoms with van der Waals surface area (Å²) in [6.45, 7) is 2.96. The third-order valence-corrected chi connectivity index (χ3v) is 3.62. The molecule has 2 rings (SSSR count). The SMILES string of the molecule is Cc1cc(Br)ccc1NCc1ccc(N(C)C)cc1. The highest BCUT2D eigenvalue weighted by atomic mass is 79.9. The Hall–Kier alpha value is -1.48. The van der Waals surface area contributed by atoms with Gasteiger partial charge in [-0.15, -0.1) is 0 Å². The van der Waals surface area contributed by atoms with Crippen LogP contribution >= 0.6 is 15.9 Å². The fraction of sp³-hybridized carbons (Fsp3) is 0.250. The number of halogens is 1. The van der Waals surface area contributed by atoms with Gasteiger partial charge >= 0.3 is 0 Å². The van der Waals surface area contributed by atoms with Crippen molar-refractivity contribution in [2.75, 3.05) is 24.3 Å². The number of hydrogen-bond donors (Lipinski definition) is 1. The monoisotopic (exact) mass is 318 g/mol. The molecular weight excluding hydrogens is 300 g/mol. The average molecular weight is 319 g/mol. The average Bonchev–Trinajstić information content (AvgIpc) is 2.38. The van der Waals surface area contributed by atoms with Crippen molar-refractivity contribution in [3.63, 3.8) is 0 Å². The zero-order valence-corrected chi connectivity index (χ0v) is 13.2. The standard InChI is InChI=1S/C16H19BrN2/c1-12-10-14(17)6-9-16(12)18-11-13-4-7-15(8-5-13)19(2)3/h4-10,18H,11H2,1-3H3. The van der Waals surface area contributed by atoms with Crippen molar-refractivity contribution in [2.24, 2.45) is 0 Å². The molecule has 2 aromatic carbocycles. The number of nitrogens with one attached hydrogen (secondary N) is 1. The Morgan fingerprint density at radius 3 is 2.32 bits per heavy atom. The maximum atomic E-state index is 3.48. The van der Waals surface area contributed by atoms with Crippen LogP contribution in [-0.4, -0.2) is 14.1 Å². The molecule has 2 aromatic rings. The lowest BCUT2D eigenvalue weighted by Gasteiger charge is -2.14. The molecule has 1 N–H and O–H groups in total. The van der Waals surface area contributed by atoms with E-state index in [4.69, 9.17) is 0 Å². The third kappa shape index (κ3) is 3.74. The van der Waals surface area contributed by atoms with Crippen LogP contribution in [-0.2, 0) is 6.54 Å². The van der Waals surface area contributed by atoms with Crippen LogP contribution in [0.4, 0.5) is 11.4 Å². The molecule has 2 nitrogen and oxygen atoms in total. The third-order valence-electron chi connectivity index (χ3n) is 3.12. The van der Waals surface area contributed by atoms with E-state index in [2.05, 4.69) is 89.6 Å². The summed E-state index contributed by atoms with van der Waals surface area (Å²) in [5.74, 6) is 0. The first-order valence-corrected chi connectivity index (χ1v) is 7.12. The van der Waals surface area contributed by atoms with Gasteiger partial charge in [-0.25, -0.2) is 0 Å². The van der Waals surface area contributed by atoms with Gasteiger partial charge < -0.3 is 10.2 Å². The van der Waals surface area contributed by atoms with E-state index in [1.165, 1.54) is 22.5 Å². The molecule has 3 heteroatoms. The Bertz CT molecular complexity index is 547. The topological polar surface area (TPSA) is 15.3 Å². The summed E-state index contributed by atoms with van der Waals surface area (Å²) in [4.78, 5) is 2.11. The predicted molar refractivity (Wildman–Crippen MR) is 87.0 cm³/mol. The highest BCUT2D eigenvalue weighted by molar-refractivity contribution is 9.10. The van der Waals surface area contributed by atoms with Crippen molar-refractivity contribution in [2.45, 2.75) is 13.5 Å². The van der Waals surface area contributed by atoms with Gasteiger partial charge in [0.25, 0.3) is 0 Å². The summed E-state index contributed by atoms with van der Waals surface area (Å²) in [5.41, 5.74) is 4.94. The van der Waals surface area contributed by atoms with Crippen molar-refractivity contribution in [3.05, 3.63) is 58.1 Å². The van der Waals surface area contributed by atoms with E-state index in [0.717, 1.165) is 11.0 Å². The molecule has 0 amide bonds. The molecule has 0 aliphatic rings. The number of nitrogens with zero attached hydrogens (tertiary/aromatic N) is 1. The first kappa shape index (κ1) is 13.9. The van der Waals surface area contributed by atoms with Gasteiger partial charge in [0.2, 0.25) is 0 Å². The quantitative estimate of drug-likeness (QED) is 0.896. The van der Waals surface area contributed by atoms with Crippen LogP contribution in [0, 0.1) is 6.92 Å². The van der Waals surface area contributed by atoms with Gasteiger partial charge in [-0.3, -0.25) is 0 Å². The van der Waals surface area contributed by atoms with Crippen LogP contribution < -0.4 is 10.2 Å². The number of hydrogen-bond acceptors (Lipinski definition) is 2. The van der Waals surface area contributed by atoms with Crippen molar-refractivity contribution >= 4 is 27.3 Å². The molecule has 0 aromatic heterocycles. The fourth-order valence-electron chi connectivity index (χ4n) is 1.93. The lowest BCUT2D eigenvalue weighted by atomic mass is 10.1. The second-order valence-corrected chi connectivity index (χ2v) is 5.79. The maximum Gasteiger partial charge on any atom is 0.0400 e. The smallest absolute Gasteiger partial charge is 0.0400 e. The van der Waals surface area contributed by atoms with Gasteiger partial charge in [-0.05, 0) is 48.4 Å². The molecule has 0 radical (unpaired) electrons. The van der Waals surface area contributed by atoms with Gasteiger partial charge in [0.05, 0.1) is 0 Å². The predicted octanol–water partition coefficient (Wildman–Crippen LogP) is 4.44. The van der Waals surface area contributed by atoms with Crippen molar-refractivity contribution in [1.82, 2.24) is 0 Å². The number of anilines is 2. The molecule has 0 aliphatic heterocycles. The largest absolute Gasteiger partial charge is 0.381 e. The molecule has 0 saturated carbocycles. The summed E-state index contributed by atoms with van der Waals surface area (Å²) in [6.07, 6.45) is 0. The lowest BCUT2D eigenvalue weighted by Crippen LogP contribution is -2.08. The van der Waals surface area contributed by atoms with E-state index >= 15 is 0 Å². The van der Waals surface area contributed by atoms with Crippen LogP contribution in [0.25, 0.3) is 0 Å². The van der Waals surface area contributed by atoms with Gasteiger partial charge in [0.15, 0.2) is 0 Å². The minimum absolute atomic E-state index is 0.843. The van der Waals surface area contributed by atoms with Gasteiger partial charge in [-0.2, -0.15) is 0 Å². The molecule has 0 heterocycles. The van der Waals surface area contributed by atoms with E-state index in [1.807, 2.05) is 0 Å². The molecule has 19 heavy (non-hydrogen) atoms. The molecule has 100 valence electrons. The molecule has 0 spiro atoms. The van der Waals surface area contributed by atoms with E-state index < -0.39 is 0 Å². The van der Waals surface area contributed by atoms with Crippen molar-refractivity contribution < 1.29 is 0 Å². The van der Waals surface area contributed by atoms with Crippen LogP contribution in [0.5, 0.6) is 0 Å². The Kier molecular flexibility index (Phi) is 4.48. The zero-order valence-electron chi connectivity index (χ0n) is 11.6. The summed E-state index contributed by atoms with van der Waals surface area (Å²) >= 11 is 3.48. The molecule has 0 fully saturated rings. The normalized spacial score (nSPS) is 10.3. The second-order valence-electron chi connectivity index (χ2n) is 4.87. The molecular formula is C16H19BrN2. The van der Waals surface area contributed by atoms with E-state index in [0.29, 0.717) is 0 Å². The first-order valence-electron chi connectivity index (χ1n) is 6.32. The molecule has 0 bridgehead atoms. The zero-order chi connectivity index (χ0) is 13.8. The van der Waals surface area contributed by atoms with Crippen LogP contribution in [0.15, 0.2) is 46.9 Å². The second kappa shape index (κ2) is 6.11. The summed E-state index contributed by atoms with van der Waals surface area (Å²) < 4.78 is 1.12. The molecule has 0 unspecified atom stereocenters. The number of aryl methyl sites for hydroxylation is 1. The molecule has 0 saturated heterocycles. The molecule has 0 aliphatic carbocycles. The maximum absolute atomic E-state index is 3.48. The van der Waals surface area contributed by atoms with Gasteiger partial charge in [0.1, 0.15) is 0 Å². The van der Waals surface area contributed by atoms with Gasteiger partial charge in [0, 0.05) is 36.5 Å². The Labute approximate surface area is 123 Å². The Morgan fingerprint density at radius 1 is 1.05 bits per heavy atom. The summed E-state index contributed by atoms with van der Waals surface area (Å²) in [7, 11) is 4.11. The summed E-state index contributed by atoms with van der Waals surface area (Å²) in [6, 6.07) is 14.9. The van der Waals surface area contributed by atoms with Crippen molar-refractivity contribution in [3.8, 4) is 0 Å². The van der Waals surface area contributed by atoms with E-state index in [1.54, 1.807) is 0 Å². The Morgan fingerprint density at radius 2 is 1.74 bits per heavy atom. The van der Waals surface area contributed by atoms with Crippen LogP contribution in [0.2, 0.25) is 0 Å². The molecule has 0 atom stereocenters. The number of rotatable bonds is 4. The van der Waals surface area contributed by atoms with Crippen LogP contribution in [0.1, 0.15) is 11.1 Å².